The summed E-state index contributed by atoms with van der Waals surface area (Å²) in [5, 5.41) is 22.2. The van der Waals surface area contributed by atoms with Crippen LogP contribution in [0.4, 0.5) is 15.9 Å². The Balaban J connectivity index is 2.12. The maximum atomic E-state index is 13.7. The van der Waals surface area contributed by atoms with Crippen LogP contribution in [-0.2, 0) is 6.54 Å². The SMILES string of the molecule is Cc1nc(NCc2ccc(C#N)cc2F)ccc1[N+](=O)[O-]. The molecule has 0 radical (unpaired) electrons. The number of aromatic nitrogens is 1. The zero-order valence-electron chi connectivity index (χ0n) is 11.1. The first kappa shape index (κ1) is 14.4. The highest BCUT2D eigenvalue weighted by atomic mass is 19.1. The summed E-state index contributed by atoms with van der Waals surface area (Å²) in [4.78, 5) is 14.2. The molecule has 0 amide bonds. The summed E-state index contributed by atoms with van der Waals surface area (Å²) in [6, 6.07) is 8.86. The largest absolute Gasteiger partial charge is 0.366 e. The van der Waals surface area contributed by atoms with Crippen LogP contribution in [0.25, 0.3) is 0 Å². The monoisotopic (exact) mass is 286 g/mol. The second-order valence-corrected chi connectivity index (χ2v) is 4.33. The van der Waals surface area contributed by atoms with Crippen molar-refractivity contribution in [2.45, 2.75) is 13.5 Å². The quantitative estimate of drug-likeness (QED) is 0.689. The molecule has 21 heavy (non-hydrogen) atoms. The van der Waals surface area contributed by atoms with Crippen LogP contribution in [-0.4, -0.2) is 9.91 Å². The molecular weight excluding hydrogens is 275 g/mol. The minimum Gasteiger partial charge on any atom is -0.366 e. The third kappa shape index (κ3) is 3.30. The van der Waals surface area contributed by atoms with Gasteiger partial charge in [-0.05, 0) is 25.1 Å². The third-order valence-electron chi connectivity index (χ3n) is 2.90. The minimum atomic E-state index is -0.508. The number of halogens is 1. The van der Waals surface area contributed by atoms with Gasteiger partial charge >= 0.3 is 0 Å². The van der Waals surface area contributed by atoms with Crippen molar-refractivity contribution < 1.29 is 9.31 Å². The zero-order valence-corrected chi connectivity index (χ0v) is 11.1. The summed E-state index contributed by atoms with van der Waals surface area (Å²) in [7, 11) is 0. The van der Waals surface area contributed by atoms with Gasteiger partial charge in [0.1, 0.15) is 17.3 Å². The minimum absolute atomic E-state index is 0.0647. The molecule has 0 aliphatic rings. The van der Waals surface area contributed by atoms with Crippen LogP contribution in [0.2, 0.25) is 0 Å². The second kappa shape index (κ2) is 5.96. The molecule has 7 heteroatoms. The predicted molar refractivity (Wildman–Crippen MR) is 74.1 cm³/mol. The lowest BCUT2D eigenvalue weighted by Crippen LogP contribution is -2.05. The highest BCUT2D eigenvalue weighted by molar-refractivity contribution is 5.45. The Bertz CT molecular complexity index is 740. The number of hydrogen-bond acceptors (Lipinski definition) is 5. The highest BCUT2D eigenvalue weighted by Crippen LogP contribution is 2.18. The van der Waals surface area contributed by atoms with Crippen molar-refractivity contribution in [1.82, 2.24) is 4.98 Å². The Labute approximate surface area is 120 Å². The number of nitrogens with one attached hydrogen (secondary N) is 1. The van der Waals surface area contributed by atoms with Crippen LogP contribution < -0.4 is 5.32 Å². The van der Waals surface area contributed by atoms with E-state index in [0.29, 0.717) is 11.4 Å². The number of pyridine rings is 1. The number of nitro groups is 1. The maximum Gasteiger partial charge on any atom is 0.290 e. The number of hydrogen-bond donors (Lipinski definition) is 1. The van der Waals surface area contributed by atoms with Crippen molar-refractivity contribution in [1.29, 1.82) is 5.26 Å². The lowest BCUT2D eigenvalue weighted by molar-refractivity contribution is -0.385. The maximum absolute atomic E-state index is 13.7. The Morgan fingerprint density at radius 3 is 2.76 bits per heavy atom. The summed E-state index contributed by atoms with van der Waals surface area (Å²) in [6.07, 6.45) is 0. The van der Waals surface area contributed by atoms with E-state index in [1.165, 1.54) is 31.2 Å². The molecule has 106 valence electrons. The van der Waals surface area contributed by atoms with E-state index in [1.807, 2.05) is 6.07 Å². The zero-order chi connectivity index (χ0) is 15.4. The number of benzene rings is 1. The van der Waals surface area contributed by atoms with Gasteiger partial charge in [0.25, 0.3) is 5.69 Å². The van der Waals surface area contributed by atoms with Crippen LogP contribution in [0.5, 0.6) is 0 Å². The molecule has 0 atom stereocenters. The molecule has 0 fully saturated rings. The summed E-state index contributed by atoms with van der Waals surface area (Å²) in [6.45, 7) is 1.70. The summed E-state index contributed by atoms with van der Waals surface area (Å²) < 4.78 is 13.7. The van der Waals surface area contributed by atoms with Crippen LogP contribution >= 0.6 is 0 Å². The van der Waals surface area contributed by atoms with E-state index in [9.17, 15) is 14.5 Å². The lowest BCUT2D eigenvalue weighted by Gasteiger charge is -2.07. The van der Waals surface area contributed by atoms with Crippen LogP contribution in [0.15, 0.2) is 30.3 Å². The molecule has 2 rings (SSSR count). The molecule has 2 aromatic rings. The average molecular weight is 286 g/mol. The van der Waals surface area contributed by atoms with Crippen molar-refractivity contribution in [3.05, 3.63) is 63.1 Å². The molecular formula is C14H11FN4O2. The van der Waals surface area contributed by atoms with Crippen molar-refractivity contribution in [3.63, 3.8) is 0 Å². The van der Waals surface area contributed by atoms with Gasteiger partial charge in [0.05, 0.1) is 16.6 Å². The van der Waals surface area contributed by atoms with Crippen LogP contribution in [0.1, 0.15) is 16.8 Å². The Kier molecular flexibility index (Phi) is 4.09. The van der Waals surface area contributed by atoms with Crippen molar-refractivity contribution >= 4 is 11.5 Å². The summed E-state index contributed by atoms with van der Waals surface area (Å²) in [5.74, 6) is -0.0676. The first-order valence-corrected chi connectivity index (χ1v) is 6.05. The van der Waals surface area contributed by atoms with E-state index in [2.05, 4.69) is 10.3 Å². The molecule has 1 aromatic heterocycles. The fourth-order valence-electron chi connectivity index (χ4n) is 1.79. The van der Waals surface area contributed by atoms with Gasteiger partial charge in [-0.3, -0.25) is 10.1 Å². The van der Waals surface area contributed by atoms with Crippen molar-refractivity contribution in [2.24, 2.45) is 0 Å². The Hall–Kier alpha value is -3.01. The topological polar surface area (TPSA) is 91.8 Å². The molecule has 1 N–H and O–H groups in total. The number of nitriles is 1. The average Bonchev–Trinajstić information content (AvgIpc) is 2.45. The van der Waals surface area contributed by atoms with E-state index >= 15 is 0 Å². The molecule has 0 saturated carbocycles. The third-order valence-corrected chi connectivity index (χ3v) is 2.90. The highest BCUT2D eigenvalue weighted by Gasteiger charge is 2.12. The number of rotatable bonds is 4. The second-order valence-electron chi connectivity index (χ2n) is 4.33. The van der Waals surface area contributed by atoms with Crippen molar-refractivity contribution in [3.8, 4) is 6.07 Å². The van der Waals surface area contributed by atoms with E-state index < -0.39 is 10.7 Å². The fourth-order valence-corrected chi connectivity index (χ4v) is 1.79. The molecule has 0 unspecified atom stereocenters. The van der Waals surface area contributed by atoms with E-state index in [4.69, 9.17) is 5.26 Å². The van der Waals surface area contributed by atoms with Gasteiger partial charge in [-0.2, -0.15) is 5.26 Å². The van der Waals surface area contributed by atoms with Gasteiger partial charge in [0.2, 0.25) is 0 Å². The van der Waals surface area contributed by atoms with E-state index in [-0.39, 0.29) is 23.5 Å². The first-order chi connectivity index (χ1) is 10.0. The summed E-state index contributed by atoms with van der Waals surface area (Å²) in [5.41, 5.74) is 0.850. The molecule has 0 bridgehead atoms. The predicted octanol–water partition coefficient (Wildman–Crippen LogP) is 2.92. The normalized spacial score (nSPS) is 9.95. The Morgan fingerprint density at radius 2 is 2.19 bits per heavy atom. The lowest BCUT2D eigenvalue weighted by atomic mass is 10.1. The molecule has 1 aromatic carbocycles. The van der Waals surface area contributed by atoms with Gasteiger partial charge in [0.15, 0.2) is 0 Å². The Morgan fingerprint density at radius 1 is 1.43 bits per heavy atom. The van der Waals surface area contributed by atoms with Crippen LogP contribution in [0, 0.1) is 34.2 Å². The molecule has 0 saturated heterocycles. The number of aryl methyl sites for hydroxylation is 1. The van der Waals surface area contributed by atoms with Gasteiger partial charge in [-0.15, -0.1) is 0 Å². The molecule has 6 nitrogen and oxygen atoms in total. The molecule has 0 aliphatic carbocycles. The number of anilines is 1. The number of nitrogens with zero attached hydrogens (tertiary/aromatic N) is 3. The van der Waals surface area contributed by atoms with Gasteiger partial charge in [-0.1, -0.05) is 6.07 Å². The van der Waals surface area contributed by atoms with Gasteiger partial charge in [0, 0.05) is 18.2 Å². The fraction of sp³-hybridized carbons (Fsp3) is 0.143. The molecule has 1 heterocycles. The van der Waals surface area contributed by atoms with E-state index in [1.54, 1.807) is 0 Å². The molecule has 0 aliphatic heterocycles. The van der Waals surface area contributed by atoms with Crippen molar-refractivity contribution in [2.75, 3.05) is 5.32 Å². The van der Waals surface area contributed by atoms with E-state index in [0.717, 1.165) is 6.07 Å². The molecule has 0 spiro atoms. The van der Waals surface area contributed by atoms with Crippen LogP contribution in [0.3, 0.4) is 0 Å². The van der Waals surface area contributed by atoms with Gasteiger partial charge < -0.3 is 5.32 Å². The van der Waals surface area contributed by atoms with Gasteiger partial charge in [-0.25, -0.2) is 9.37 Å². The smallest absolute Gasteiger partial charge is 0.290 e. The standard InChI is InChI=1S/C14H11FN4O2/c1-9-13(19(20)21)4-5-14(18-9)17-8-11-3-2-10(7-16)6-12(11)15/h2-6H,8H2,1H3,(H,17,18). The summed E-state index contributed by atoms with van der Waals surface area (Å²) >= 11 is 0. The first-order valence-electron chi connectivity index (χ1n) is 6.05.